The van der Waals surface area contributed by atoms with Crippen molar-refractivity contribution in [3.05, 3.63) is 106 Å². The number of carbonyl (C=O) groups is 2. The molecule has 0 bridgehead atoms. The second-order valence-electron chi connectivity index (χ2n) is 21.2. The van der Waals surface area contributed by atoms with E-state index in [4.69, 9.17) is 16.7 Å². The van der Waals surface area contributed by atoms with Crippen LogP contribution >= 0.6 is 11.6 Å². The Morgan fingerprint density at radius 2 is 1.61 bits per heavy atom. The predicted molar refractivity (Wildman–Crippen MR) is 273 cm³/mol. The van der Waals surface area contributed by atoms with Gasteiger partial charge >= 0.3 is 0 Å². The molecule has 372 valence electrons. The number of benzene rings is 3. The molecule has 2 amide bonds. The van der Waals surface area contributed by atoms with E-state index in [1.54, 1.807) is 43.2 Å². The number of likely N-dealkylation sites (tertiary alicyclic amines) is 2. The van der Waals surface area contributed by atoms with Crippen LogP contribution in [-0.4, -0.2) is 118 Å². The average Bonchev–Trinajstić information content (AvgIpc) is 4.13. The Kier molecular flexibility index (Phi) is 13.0. The lowest BCUT2D eigenvalue weighted by atomic mass is 9.77. The predicted octanol–water partition coefficient (Wildman–Crippen LogP) is 9.42. The van der Waals surface area contributed by atoms with Gasteiger partial charge in [0, 0.05) is 144 Å². The van der Waals surface area contributed by atoms with Gasteiger partial charge in [-0.25, -0.2) is 8.78 Å². The van der Waals surface area contributed by atoms with Crippen LogP contribution in [0, 0.1) is 22.7 Å². The lowest BCUT2D eigenvalue weighted by Gasteiger charge is -2.39. The molecule has 16 heteroatoms. The van der Waals surface area contributed by atoms with E-state index < -0.39 is 6.43 Å². The highest BCUT2D eigenvalue weighted by molar-refractivity contribution is 6.32. The molecule has 0 atom stereocenters. The minimum Gasteiger partial charge on any atom is -0.372 e. The molecule has 6 aliphatic heterocycles. The summed E-state index contributed by atoms with van der Waals surface area (Å²) >= 11 is 6.35. The summed E-state index contributed by atoms with van der Waals surface area (Å²) in [5, 5.41) is 19.4. The number of amides is 2. The molecule has 0 radical (unpaired) electrons. The summed E-state index contributed by atoms with van der Waals surface area (Å²) in [6, 6.07) is 20.0. The van der Waals surface area contributed by atoms with E-state index in [2.05, 4.69) is 47.6 Å². The van der Waals surface area contributed by atoms with E-state index >= 15 is 0 Å². The number of hydrogen-bond acceptors (Lipinski definition) is 9. The monoisotopic (exact) mass is 983 g/mol. The molecular weight excluding hydrogens is 920 g/mol. The van der Waals surface area contributed by atoms with Crippen molar-refractivity contribution in [1.29, 1.82) is 5.26 Å². The summed E-state index contributed by atoms with van der Waals surface area (Å²) in [7, 11) is 1.80. The highest BCUT2D eigenvalue weighted by atomic mass is 35.5. The van der Waals surface area contributed by atoms with E-state index in [0.717, 1.165) is 157 Å². The van der Waals surface area contributed by atoms with Crippen LogP contribution in [0.2, 0.25) is 5.02 Å². The smallest absolute Gasteiger partial charge is 0.264 e. The molecule has 0 saturated carbocycles. The fraction of sp³-hybridized carbons (Fsp3) is 0.509. The number of halogens is 3. The number of aryl methyl sites for hydroxylation is 2. The maximum Gasteiger partial charge on any atom is 0.264 e. The Morgan fingerprint density at radius 1 is 0.859 bits per heavy atom. The van der Waals surface area contributed by atoms with Gasteiger partial charge in [-0.3, -0.25) is 19.0 Å². The summed E-state index contributed by atoms with van der Waals surface area (Å²) in [5.41, 5.74) is 8.93. The van der Waals surface area contributed by atoms with Gasteiger partial charge in [-0.15, -0.1) is 0 Å². The zero-order valence-electron chi connectivity index (χ0n) is 41.0. The van der Waals surface area contributed by atoms with Gasteiger partial charge in [-0.05, 0) is 135 Å². The zero-order valence-corrected chi connectivity index (χ0v) is 41.8. The van der Waals surface area contributed by atoms with Crippen LogP contribution in [0.15, 0.2) is 67.0 Å². The van der Waals surface area contributed by atoms with Gasteiger partial charge in [0.2, 0.25) is 5.91 Å². The number of hydrogen-bond donors (Lipinski definition) is 0. The minimum absolute atomic E-state index is 0.00295. The SMILES string of the molecule is CC(=O)N1CCc2c(c(N3CCCc4cc(-c5cnn(C)c5)c(C(F)F)cc43)nn2C2CCN(CC3CCN(c4ccc(C(=O)N5CCC6(CC5)CCN(c5ccc(C#N)c(Cl)c5)C6)cc4)CC3)CC2)C1. The first kappa shape index (κ1) is 47.4. The van der Waals surface area contributed by atoms with Gasteiger partial charge in [-0.2, -0.15) is 15.5 Å². The first-order valence-electron chi connectivity index (χ1n) is 25.8. The van der Waals surface area contributed by atoms with E-state index in [0.29, 0.717) is 47.3 Å². The molecule has 0 unspecified atom stereocenters. The van der Waals surface area contributed by atoms with Crippen LogP contribution in [-0.2, 0) is 31.2 Å². The van der Waals surface area contributed by atoms with Crippen molar-refractivity contribution in [2.24, 2.45) is 18.4 Å². The summed E-state index contributed by atoms with van der Waals surface area (Å²) in [6.45, 7) is 11.9. The Balaban J connectivity index is 0.685. The fourth-order valence-corrected chi connectivity index (χ4v) is 12.9. The maximum atomic E-state index is 14.8. The van der Waals surface area contributed by atoms with Crippen molar-refractivity contribution >= 4 is 46.3 Å². The molecule has 0 N–H and O–H groups in total. The molecule has 0 aliphatic carbocycles. The summed E-state index contributed by atoms with van der Waals surface area (Å²) in [4.78, 5) is 40.0. The standard InChI is InChI=1S/C55H64ClF2N11O2/c1-37(70)66-24-15-50-48(35-66)53(68-19-3-4-40-28-46(42-32-60-62(2)34-42)47(52(57)58)30-51(40)68)61-69(50)44-13-20-63(21-14-44)33-38-11-22-64(23-12-38)43-8-5-39(6-9-43)54(71)65-25-16-55(17-26-65)18-27-67(36-55)45-10-7-41(31-59)49(56)29-45/h5-10,28-30,32,34,38,44,52H,3-4,11-27,33,35-36H2,1-2H3. The van der Waals surface area contributed by atoms with Crippen LogP contribution in [0.25, 0.3) is 11.1 Å². The number of nitriles is 1. The lowest BCUT2D eigenvalue weighted by Crippen LogP contribution is -2.44. The van der Waals surface area contributed by atoms with Crippen LogP contribution in [0.5, 0.6) is 0 Å². The van der Waals surface area contributed by atoms with Crippen molar-refractivity contribution in [3.8, 4) is 17.2 Å². The van der Waals surface area contributed by atoms with Crippen LogP contribution in [0.1, 0.15) is 109 Å². The number of aromatic nitrogens is 4. The van der Waals surface area contributed by atoms with Gasteiger partial charge in [0.05, 0.1) is 29.4 Å². The number of nitrogens with zero attached hydrogens (tertiary/aromatic N) is 11. The zero-order chi connectivity index (χ0) is 49.0. The Labute approximate surface area is 420 Å². The number of fused-ring (bicyclic) bond motifs is 2. The van der Waals surface area contributed by atoms with E-state index in [9.17, 15) is 23.6 Å². The van der Waals surface area contributed by atoms with Crippen molar-refractivity contribution in [2.45, 2.75) is 90.1 Å². The third kappa shape index (κ3) is 9.38. The summed E-state index contributed by atoms with van der Waals surface area (Å²) < 4.78 is 33.5. The molecule has 5 aromatic rings. The van der Waals surface area contributed by atoms with E-state index in [1.807, 2.05) is 40.1 Å². The highest BCUT2D eigenvalue weighted by Crippen LogP contribution is 2.45. The molecule has 13 nitrogen and oxygen atoms in total. The number of rotatable bonds is 9. The average molecular weight is 985 g/mol. The number of anilines is 4. The number of alkyl halides is 2. The first-order valence-corrected chi connectivity index (χ1v) is 26.2. The Hall–Kier alpha value is -5.98. The minimum atomic E-state index is -2.65. The van der Waals surface area contributed by atoms with Crippen molar-refractivity contribution in [2.75, 3.05) is 86.7 Å². The fourth-order valence-electron chi connectivity index (χ4n) is 12.7. The summed E-state index contributed by atoms with van der Waals surface area (Å²) in [5.74, 6) is 1.58. The van der Waals surface area contributed by atoms with E-state index in [1.165, 1.54) is 11.4 Å². The van der Waals surface area contributed by atoms with Gasteiger partial charge in [-0.1, -0.05) is 11.6 Å². The Bertz CT molecular complexity index is 2830. The normalized spacial score (nSPS) is 19.9. The van der Waals surface area contributed by atoms with Gasteiger partial charge in [0.1, 0.15) is 6.07 Å². The molecule has 8 heterocycles. The molecule has 1 spiro atoms. The molecule has 71 heavy (non-hydrogen) atoms. The topological polar surface area (TPSA) is 113 Å². The quantitative estimate of drug-likeness (QED) is 0.143. The third-order valence-corrected chi connectivity index (χ3v) is 17.2. The maximum absolute atomic E-state index is 14.8. The van der Waals surface area contributed by atoms with E-state index in [-0.39, 0.29) is 28.8 Å². The molecular formula is C55H64ClF2N11O2. The highest BCUT2D eigenvalue weighted by Gasteiger charge is 2.42. The van der Waals surface area contributed by atoms with Crippen LogP contribution < -0.4 is 14.7 Å². The van der Waals surface area contributed by atoms with Gasteiger partial charge in [0.25, 0.3) is 12.3 Å². The van der Waals surface area contributed by atoms with Gasteiger partial charge in [0.15, 0.2) is 5.82 Å². The third-order valence-electron chi connectivity index (χ3n) is 16.9. The first-order chi connectivity index (χ1) is 34.4. The number of piperidine rings is 3. The Morgan fingerprint density at radius 3 is 2.30 bits per heavy atom. The van der Waals surface area contributed by atoms with Crippen LogP contribution in [0.3, 0.4) is 0 Å². The lowest BCUT2D eigenvalue weighted by molar-refractivity contribution is -0.129. The van der Waals surface area contributed by atoms with Crippen molar-refractivity contribution in [3.63, 3.8) is 0 Å². The molecule has 6 aliphatic rings. The molecule has 4 saturated heterocycles. The van der Waals surface area contributed by atoms with Crippen molar-refractivity contribution in [1.82, 2.24) is 34.3 Å². The van der Waals surface area contributed by atoms with Gasteiger partial charge < -0.3 is 29.4 Å². The molecule has 4 fully saturated rings. The number of carbonyl (C=O) groups excluding carboxylic acids is 2. The largest absolute Gasteiger partial charge is 0.372 e. The second-order valence-corrected chi connectivity index (χ2v) is 21.6. The second kappa shape index (κ2) is 19.6. The molecule has 3 aromatic carbocycles. The molecule has 2 aromatic heterocycles. The summed E-state index contributed by atoms with van der Waals surface area (Å²) in [6.07, 6.45) is 10.5. The molecule has 11 rings (SSSR count). The van der Waals surface area contributed by atoms with Crippen molar-refractivity contribution < 1.29 is 18.4 Å². The van der Waals surface area contributed by atoms with Crippen LogP contribution in [0.4, 0.5) is 31.7 Å².